The van der Waals surface area contributed by atoms with Gasteiger partial charge in [0.25, 0.3) is 10.0 Å². The summed E-state index contributed by atoms with van der Waals surface area (Å²) in [5.41, 5.74) is 2.61. The normalized spacial score (nSPS) is 12.0. The van der Waals surface area contributed by atoms with Crippen LogP contribution in [-0.4, -0.2) is 31.5 Å². The molecule has 0 atom stereocenters. The van der Waals surface area contributed by atoms with E-state index < -0.39 is 27.3 Å². The van der Waals surface area contributed by atoms with Gasteiger partial charge in [-0.25, -0.2) is 22.5 Å². The van der Waals surface area contributed by atoms with Crippen molar-refractivity contribution in [3.8, 4) is 17.0 Å². The molecule has 198 valence electrons. The fourth-order valence-corrected chi connectivity index (χ4v) is 5.47. The Kier molecular flexibility index (Phi) is 8.39. The third-order valence-corrected chi connectivity index (χ3v) is 7.68. The molecular formula is C28H33FN2O5S. The van der Waals surface area contributed by atoms with Crippen LogP contribution in [0.5, 0.6) is 5.88 Å². The summed E-state index contributed by atoms with van der Waals surface area (Å²) in [6.07, 6.45) is 1.63. The zero-order valence-electron chi connectivity index (χ0n) is 21.9. The van der Waals surface area contributed by atoms with Crippen LogP contribution in [0.4, 0.5) is 4.39 Å². The Morgan fingerprint density at radius 2 is 1.86 bits per heavy atom. The maximum Gasteiger partial charge on any atom is 0.264 e. The molecule has 0 saturated carbocycles. The largest absolute Gasteiger partial charge is 0.481 e. The first-order chi connectivity index (χ1) is 17.2. The van der Waals surface area contributed by atoms with Gasteiger partial charge in [-0.1, -0.05) is 26.0 Å². The van der Waals surface area contributed by atoms with Gasteiger partial charge in [-0.15, -0.1) is 0 Å². The Morgan fingerprint density at radius 3 is 2.46 bits per heavy atom. The van der Waals surface area contributed by atoms with Gasteiger partial charge < -0.3 is 9.84 Å². The van der Waals surface area contributed by atoms with Gasteiger partial charge in [0.15, 0.2) is 0 Å². The summed E-state index contributed by atoms with van der Waals surface area (Å²) in [4.78, 5) is 16.9. The molecule has 37 heavy (non-hydrogen) atoms. The van der Waals surface area contributed by atoms with Crippen molar-refractivity contribution in [3.05, 3.63) is 76.7 Å². The highest BCUT2D eigenvalue weighted by molar-refractivity contribution is 7.90. The van der Waals surface area contributed by atoms with Crippen LogP contribution in [0.25, 0.3) is 11.1 Å². The standard InChI is InChI=1S/C28H33FN2O5S/c1-17(2)23-15-21(29)16-24(19-11-12-30-27(14-19)36-6)22(23)8-10-26(32)31-37(34,35)25-9-7-20(13-18(25)3)28(4,5)33/h7,9,11-17,33H,8,10H2,1-6H3,(H,31,32). The van der Waals surface area contributed by atoms with Crippen LogP contribution in [0.15, 0.2) is 53.6 Å². The lowest BCUT2D eigenvalue weighted by atomic mass is 9.87. The molecule has 1 heterocycles. The highest BCUT2D eigenvalue weighted by Gasteiger charge is 2.24. The SMILES string of the molecule is COc1cc(-c2cc(F)cc(C(C)C)c2CCC(=O)NS(=O)(=O)c2ccc(C(C)(C)O)cc2C)ccn1. The van der Waals surface area contributed by atoms with Crippen molar-refractivity contribution < 1.29 is 27.4 Å². The topological polar surface area (TPSA) is 106 Å². The highest BCUT2D eigenvalue weighted by Crippen LogP contribution is 2.33. The number of rotatable bonds is 9. The molecule has 0 radical (unpaired) electrons. The molecule has 0 unspecified atom stereocenters. The number of ether oxygens (including phenoxy) is 1. The number of sulfonamides is 1. The Bertz CT molecular complexity index is 1410. The summed E-state index contributed by atoms with van der Waals surface area (Å²) in [7, 11) is -2.64. The summed E-state index contributed by atoms with van der Waals surface area (Å²) in [6.45, 7) is 8.68. The summed E-state index contributed by atoms with van der Waals surface area (Å²) < 4.78 is 47.8. The average molecular weight is 529 g/mol. The molecule has 0 aliphatic carbocycles. The smallest absolute Gasteiger partial charge is 0.264 e. The molecule has 7 nitrogen and oxygen atoms in total. The Hall–Kier alpha value is -3.30. The molecule has 0 bridgehead atoms. The van der Waals surface area contributed by atoms with E-state index in [4.69, 9.17) is 4.74 Å². The lowest BCUT2D eigenvalue weighted by Crippen LogP contribution is -2.31. The van der Waals surface area contributed by atoms with Gasteiger partial charge in [0.1, 0.15) is 5.82 Å². The second-order valence-electron chi connectivity index (χ2n) is 9.83. The van der Waals surface area contributed by atoms with E-state index in [-0.39, 0.29) is 23.7 Å². The maximum atomic E-state index is 14.6. The first kappa shape index (κ1) is 28.3. The molecule has 1 aromatic heterocycles. The summed E-state index contributed by atoms with van der Waals surface area (Å²) >= 11 is 0. The molecule has 0 fully saturated rings. The molecule has 0 aliphatic rings. The fraction of sp³-hybridized carbons (Fsp3) is 0.357. The van der Waals surface area contributed by atoms with E-state index in [1.54, 1.807) is 45.2 Å². The lowest BCUT2D eigenvalue weighted by Gasteiger charge is -2.20. The van der Waals surface area contributed by atoms with Crippen LogP contribution in [0.1, 0.15) is 62.3 Å². The minimum Gasteiger partial charge on any atom is -0.481 e. The number of carbonyl (C=O) groups is 1. The number of benzene rings is 2. The monoisotopic (exact) mass is 528 g/mol. The molecule has 3 aromatic rings. The van der Waals surface area contributed by atoms with E-state index in [9.17, 15) is 22.7 Å². The number of nitrogens with one attached hydrogen (secondary N) is 1. The molecule has 0 aliphatic heterocycles. The van der Waals surface area contributed by atoms with Crippen molar-refractivity contribution >= 4 is 15.9 Å². The van der Waals surface area contributed by atoms with Crippen LogP contribution in [0, 0.1) is 12.7 Å². The second-order valence-corrected chi connectivity index (χ2v) is 11.5. The van der Waals surface area contributed by atoms with Gasteiger partial charge in [0.2, 0.25) is 11.8 Å². The van der Waals surface area contributed by atoms with Crippen molar-refractivity contribution in [3.63, 3.8) is 0 Å². The third-order valence-electron chi connectivity index (χ3n) is 6.15. The van der Waals surface area contributed by atoms with E-state index in [2.05, 4.69) is 9.71 Å². The molecule has 0 spiro atoms. The quantitative estimate of drug-likeness (QED) is 0.405. The first-order valence-electron chi connectivity index (χ1n) is 11.9. The van der Waals surface area contributed by atoms with E-state index in [1.807, 2.05) is 13.8 Å². The minimum atomic E-state index is -4.13. The van der Waals surface area contributed by atoms with Gasteiger partial charge in [0, 0.05) is 18.7 Å². The number of carbonyl (C=O) groups excluding carboxylic acids is 1. The molecule has 0 saturated heterocycles. The summed E-state index contributed by atoms with van der Waals surface area (Å²) in [5.74, 6) is -0.746. The van der Waals surface area contributed by atoms with Gasteiger partial charge >= 0.3 is 0 Å². The van der Waals surface area contributed by atoms with Crippen molar-refractivity contribution in [2.45, 2.75) is 63.9 Å². The molecular weight excluding hydrogens is 495 g/mol. The number of aryl methyl sites for hydroxylation is 1. The molecule has 3 rings (SSSR count). The second kappa shape index (κ2) is 11.0. The van der Waals surface area contributed by atoms with Gasteiger partial charge in [-0.2, -0.15) is 0 Å². The molecule has 9 heteroatoms. The zero-order valence-corrected chi connectivity index (χ0v) is 22.7. The van der Waals surface area contributed by atoms with E-state index >= 15 is 0 Å². The van der Waals surface area contributed by atoms with Crippen LogP contribution in [0.2, 0.25) is 0 Å². The number of pyridine rings is 1. The number of methoxy groups -OCH3 is 1. The highest BCUT2D eigenvalue weighted by atomic mass is 32.2. The van der Waals surface area contributed by atoms with Crippen LogP contribution in [0.3, 0.4) is 0 Å². The number of hydrogen-bond donors (Lipinski definition) is 2. The predicted molar refractivity (Wildman–Crippen MR) is 140 cm³/mol. The fourth-order valence-electron chi connectivity index (χ4n) is 4.22. The number of aromatic nitrogens is 1. The van der Waals surface area contributed by atoms with E-state index in [0.717, 1.165) is 11.1 Å². The van der Waals surface area contributed by atoms with Crippen molar-refractivity contribution in [1.29, 1.82) is 0 Å². The molecule has 2 N–H and O–H groups in total. The maximum absolute atomic E-state index is 14.6. The van der Waals surface area contributed by atoms with Crippen LogP contribution >= 0.6 is 0 Å². The Labute approximate surface area is 217 Å². The van der Waals surface area contributed by atoms with E-state index in [1.165, 1.54) is 31.4 Å². The van der Waals surface area contributed by atoms with Crippen molar-refractivity contribution in [2.24, 2.45) is 0 Å². The van der Waals surface area contributed by atoms with Gasteiger partial charge in [-0.05, 0) is 90.8 Å². The third kappa shape index (κ3) is 6.72. The predicted octanol–water partition coefficient (Wildman–Crippen LogP) is 4.99. The number of hydrogen-bond acceptors (Lipinski definition) is 6. The van der Waals surface area contributed by atoms with Gasteiger partial charge in [0.05, 0.1) is 17.6 Å². The lowest BCUT2D eigenvalue weighted by molar-refractivity contribution is -0.119. The number of amides is 1. The van der Waals surface area contributed by atoms with E-state index in [0.29, 0.717) is 28.1 Å². The number of halogens is 1. The van der Waals surface area contributed by atoms with Gasteiger partial charge in [-0.3, -0.25) is 4.79 Å². The minimum absolute atomic E-state index is 0.0306. The molecule has 2 aromatic carbocycles. The summed E-state index contributed by atoms with van der Waals surface area (Å²) in [6, 6.07) is 10.8. The van der Waals surface area contributed by atoms with Crippen LogP contribution < -0.4 is 9.46 Å². The average Bonchev–Trinajstić information content (AvgIpc) is 2.81. The van der Waals surface area contributed by atoms with Crippen molar-refractivity contribution in [1.82, 2.24) is 9.71 Å². The molecule has 1 amide bonds. The number of aliphatic hydroxyl groups is 1. The Morgan fingerprint density at radius 1 is 1.16 bits per heavy atom. The zero-order chi connectivity index (χ0) is 27.5. The van der Waals surface area contributed by atoms with Crippen molar-refractivity contribution in [2.75, 3.05) is 7.11 Å². The first-order valence-corrected chi connectivity index (χ1v) is 13.4. The number of nitrogens with zero attached hydrogens (tertiary/aromatic N) is 1. The van der Waals surface area contributed by atoms with Crippen LogP contribution in [-0.2, 0) is 26.8 Å². The summed E-state index contributed by atoms with van der Waals surface area (Å²) in [5, 5.41) is 10.2. The Balaban J connectivity index is 1.88.